The standard InChI is InChI=1S/C11H14N2O5/c1-7-4-10(13-18-7)16-6-11(15)17-5-9(14)12-8-2-3-8/h4,8H,2-3,5-6H2,1H3,(H,12,14). The molecular weight excluding hydrogens is 240 g/mol. The number of hydrogen-bond acceptors (Lipinski definition) is 6. The van der Waals surface area contributed by atoms with Crippen molar-refractivity contribution in [3.63, 3.8) is 0 Å². The summed E-state index contributed by atoms with van der Waals surface area (Å²) in [7, 11) is 0. The minimum atomic E-state index is -0.624. The number of carbonyl (C=O) groups is 2. The largest absolute Gasteiger partial charge is 0.463 e. The molecule has 1 N–H and O–H groups in total. The van der Waals surface area contributed by atoms with Gasteiger partial charge in [0.25, 0.3) is 11.8 Å². The Hall–Kier alpha value is -2.05. The third-order valence-electron chi connectivity index (χ3n) is 2.25. The van der Waals surface area contributed by atoms with E-state index < -0.39 is 5.97 Å². The van der Waals surface area contributed by atoms with Gasteiger partial charge in [0.1, 0.15) is 5.76 Å². The van der Waals surface area contributed by atoms with Crippen molar-refractivity contribution in [1.29, 1.82) is 0 Å². The normalized spacial score (nSPS) is 14.1. The molecule has 1 amide bonds. The fourth-order valence-corrected chi connectivity index (χ4v) is 1.23. The molecule has 0 radical (unpaired) electrons. The Morgan fingerprint density at radius 1 is 1.50 bits per heavy atom. The lowest BCUT2D eigenvalue weighted by atomic mass is 10.5. The summed E-state index contributed by atoms with van der Waals surface area (Å²) >= 11 is 0. The Bertz CT molecular complexity index is 438. The molecule has 7 nitrogen and oxygen atoms in total. The first-order chi connectivity index (χ1) is 8.63. The van der Waals surface area contributed by atoms with Crippen LogP contribution >= 0.6 is 0 Å². The SMILES string of the molecule is Cc1cc(OCC(=O)OCC(=O)NC2CC2)no1. The molecule has 0 aromatic carbocycles. The Morgan fingerprint density at radius 3 is 2.89 bits per heavy atom. The zero-order valence-corrected chi connectivity index (χ0v) is 9.97. The molecular formula is C11H14N2O5. The third kappa shape index (κ3) is 4.08. The van der Waals surface area contributed by atoms with Crippen LogP contribution < -0.4 is 10.1 Å². The van der Waals surface area contributed by atoms with Gasteiger partial charge in [-0.15, -0.1) is 0 Å². The van der Waals surface area contributed by atoms with Crippen LogP contribution in [0.3, 0.4) is 0 Å². The molecule has 2 rings (SSSR count). The lowest BCUT2D eigenvalue weighted by molar-refractivity contribution is -0.150. The molecule has 1 fully saturated rings. The highest BCUT2D eigenvalue weighted by atomic mass is 16.6. The van der Waals surface area contributed by atoms with Crippen LogP contribution in [-0.2, 0) is 14.3 Å². The molecule has 0 aliphatic heterocycles. The summed E-state index contributed by atoms with van der Waals surface area (Å²) in [6, 6.07) is 1.80. The van der Waals surface area contributed by atoms with E-state index in [0.717, 1.165) is 12.8 Å². The van der Waals surface area contributed by atoms with Gasteiger partial charge in [-0.3, -0.25) is 4.79 Å². The van der Waals surface area contributed by atoms with Crippen LogP contribution in [0.1, 0.15) is 18.6 Å². The Kier molecular flexibility index (Phi) is 3.81. The van der Waals surface area contributed by atoms with E-state index in [2.05, 4.69) is 10.5 Å². The second-order valence-corrected chi connectivity index (χ2v) is 4.07. The quantitative estimate of drug-likeness (QED) is 0.728. The van der Waals surface area contributed by atoms with E-state index in [0.29, 0.717) is 5.76 Å². The Morgan fingerprint density at radius 2 is 2.28 bits per heavy atom. The van der Waals surface area contributed by atoms with Crippen molar-refractivity contribution >= 4 is 11.9 Å². The first-order valence-electron chi connectivity index (χ1n) is 5.64. The number of carbonyl (C=O) groups excluding carboxylic acids is 2. The molecule has 0 spiro atoms. The van der Waals surface area contributed by atoms with Gasteiger partial charge in [0, 0.05) is 12.1 Å². The van der Waals surface area contributed by atoms with E-state index >= 15 is 0 Å². The predicted octanol–water partition coefficient (Wildman–Crippen LogP) is 0.184. The van der Waals surface area contributed by atoms with E-state index in [9.17, 15) is 9.59 Å². The first-order valence-corrected chi connectivity index (χ1v) is 5.64. The van der Waals surface area contributed by atoms with Crippen molar-refractivity contribution < 1.29 is 23.6 Å². The van der Waals surface area contributed by atoms with Gasteiger partial charge in [-0.2, -0.15) is 0 Å². The van der Waals surface area contributed by atoms with Gasteiger partial charge in [0.15, 0.2) is 13.2 Å². The number of amides is 1. The average Bonchev–Trinajstić information content (AvgIpc) is 3.04. The Labute approximate surface area is 103 Å². The highest BCUT2D eigenvalue weighted by Crippen LogP contribution is 2.18. The van der Waals surface area contributed by atoms with Crippen LogP contribution in [0, 0.1) is 6.92 Å². The molecule has 1 aromatic rings. The lowest BCUT2D eigenvalue weighted by Gasteiger charge is -2.05. The molecule has 1 aliphatic rings. The van der Waals surface area contributed by atoms with E-state index in [-0.39, 0.29) is 31.0 Å². The number of rotatable bonds is 6. The molecule has 1 aromatic heterocycles. The number of nitrogens with zero attached hydrogens (tertiary/aromatic N) is 1. The molecule has 7 heteroatoms. The van der Waals surface area contributed by atoms with Crippen molar-refractivity contribution in [1.82, 2.24) is 10.5 Å². The number of hydrogen-bond donors (Lipinski definition) is 1. The summed E-state index contributed by atoms with van der Waals surface area (Å²) in [6.07, 6.45) is 1.99. The van der Waals surface area contributed by atoms with Crippen LogP contribution in [0.5, 0.6) is 5.88 Å². The molecule has 1 saturated carbocycles. The second-order valence-electron chi connectivity index (χ2n) is 4.07. The van der Waals surface area contributed by atoms with Gasteiger partial charge in [0.2, 0.25) is 0 Å². The zero-order chi connectivity index (χ0) is 13.0. The minimum absolute atomic E-state index is 0.215. The predicted molar refractivity (Wildman–Crippen MR) is 58.9 cm³/mol. The van der Waals surface area contributed by atoms with E-state index in [4.69, 9.17) is 14.0 Å². The average molecular weight is 254 g/mol. The molecule has 0 bridgehead atoms. The number of aryl methyl sites for hydroxylation is 1. The summed E-state index contributed by atoms with van der Waals surface area (Å²) in [4.78, 5) is 22.5. The highest BCUT2D eigenvalue weighted by molar-refractivity contribution is 5.81. The first kappa shape index (κ1) is 12.4. The molecule has 98 valence electrons. The molecule has 0 saturated heterocycles. The molecule has 1 aliphatic carbocycles. The van der Waals surface area contributed by atoms with E-state index in [1.807, 2.05) is 0 Å². The van der Waals surface area contributed by atoms with Gasteiger partial charge in [0.05, 0.1) is 0 Å². The van der Waals surface area contributed by atoms with Crippen LogP contribution in [0.15, 0.2) is 10.6 Å². The van der Waals surface area contributed by atoms with Crippen LogP contribution in [-0.4, -0.2) is 36.3 Å². The fraction of sp³-hybridized carbons (Fsp3) is 0.545. The number of nitrogens with one attached hydrogen (secondary N) is 1. The maximum Gasteiger partial charge on any atom is 0.344 e. The number of aromatic nitrogens is 1. The number of ether oxygens (including phenoxy) is 2. The van der Waals surface area contributed by atoms with Crippen LogP contribution in [0.4, 0.5) is 0 Å². The van der Waals surface area contributed by atoms with Gasteiger partial charge < -0.3 is 19.3 Å². The van der Waals surface area contributed by atoms with Gasteiger partial charge >= 0.3 is 5.97 Å². The minimum Gasteiger partial charge on any atom is -0.463 e. The summed E-state index contributed by atoms with van der Waals surface area (Å²) in [5.74, 6) is -0.112. The Balaban J connectivity index is 1.61. The summed E-state index contributed by atoms with van der Waals surface area (Å²) in [5.41, 5.74) is 0. The number of esters is 1. The molecule has 1 heterocycles. The van der Waals surface area contributed by atoms with Gasteiger partial charge in [-0.05, 0) is 24.9 Å². The van der Waals surface area contributed by atoms with Gasteiger partial charge in [-0.25, -0.2) is 4.79 Å². The maximum absolute atomic E-state index is 11.2. The molecule has 18 heavy (non-hydrogen) atoms. The van der Waals surface area contributed by atoms with Crippen molar-refractivity contribution in [2.75, 3.05) is 13.2 Å². The van der Waals surface area contributed by atoms with Crippen LogP contribution in [0.2, 0.25) is 0 Å². The van der Waals surface area contributed by atoms with Crippen molar-refractivity contribution in [3.05, 3.63) is 11.8 Å². The maximum atomic E-state index is 11.2. The third-order valence-corrected chi connectivity index (χ3v) is 2.25. The lowest BCUT2D eigenvalue weighted by Crippen LogP contribution is -2.31. The zero-order valence-electron chi connectivity index (χ0n) is 9.97. The highest BCUT2D eigenvalue weighted by Gasteiger charge is 2.23. The molecule has 0 unspecified atom stereocenters. The smallest absolute Gasteiger partial charge is 0.344 e. The van der Waals surface area contributed by atoms with E-state index in [1.165, 1.54) is 0 Å². The topological polar surface area (TPSA) is 90.7 Å². The van der Waals surface area contributed by atoms with Crippen molar-refractivity contribution in [2.45, 2.75) is 25.8 Å². The summed E-state index contributed by atoms with van der Waals surface area (Å²) in [6.45, 7) is 1.12. The summed E-state index contributed by atoms with van der Waals surface area (Å²) in [5, 5.41) is 6.25. The fourth-order valence-electron chi connectivity index (χ4n) is 1.23. The molecule has 0 atom stereocenters. The summed E-state index contributed by atoms with van der Waals surface area (Å²) < 4.78 is 14.5. The van der Waals surface area contributed by atoms with Gasteiger partial charge in [-0.1, -0.05) is 0 Å². The van der Waals surface area contributed by atoms with Crippen LogP contribution in [0.25, 0.3) is 0 Å². The van der Waals surface area contributed by atoms with Crippen molar-refractivity contribution in [2.24, 2.45) is 0 Å². The van der Waals surface area contributed by atoms with Crippen molar-refractivity contribution in [3.8, 4) is 5.88 Å². The van der Waals surface area contributed by atoms with E-state index in [1.54, 1.807) is 13.0 Å². The monoisotopic (exact) mass is 254 g/mol. The second kappa shape index (κ2) is 5.52.